The van der Waals surface area contributed by atoms with Crippen molar-refractivity contribution in [3.05, 3.63) is 24.3 Å². The number of nitrogens with zero attached hydrogens (tertiary/aromatic N) is 4. The predicted molar refractivity (Wildman–Crippen MR) is 99.0 cm³/mol. The molecule has 0 atom stereocenters. The van der Waals surface area contributed by atoms with Crippen LogP contribution >= 0.6 is 0 Å². The van der Waals surface area contributed by atoms with Gasteiger partial charge in [-0.05, 0) is 12.1 Å². The Morgan fingerprint density at radius 3 is 2.52 bits per heavy atom. The second-order valence-electron chi connectivity index (χ2n) is 5.83. The minimum atomic E-state index is -3.65. The normalized spacial score (nSPS) is 14.4. The number of ether oxygens (including phenoxy) is 1. The van der Waals surface area contributed by atoms with E-state index in [1.165, 1.54) is 0 Å². The Balaban J connectivity index is 0.000000817. The van der Waals surface area contributed by atoms with Crippen molar-refractivity contribution < 1.29 is 27.9 Å². The molecule has 0 radical (unpaired) electrons. The monoisotopic (exact) mass is 398 g/mol. The largest absolute Gasteiger partial charge is 0.483 e. The molecule has 1 aromatic heterocycles. The van der Waals surface area contributed by atoms with E-state index in [4.69, 9.17) is 14.6 Å². The third-order valence-electron chi connectivity index (χ3n) is 4.02. The number of sulfonamides is 1. The lowest BCUT2D eigenvalue weighted by atomic mass is 10.2. The maximum atomic E-state index is 12.5. The van der Waals surface area contributed by atoms with E-state index in [9.17, 15) is 13.2 Å². The van der Waals surface area contributed by atoms with Crippen LogP contribution < -0.4 is 4.31 Å². The van der Waals surface area contributed by atoms with Crippen molar-refractivity contribution in [2.75, 3.05) is 43.4 Å². The number of carbonyl (C=O) groups is 2. The average Bonchev–Trinajstić information content (AvgIpc) is 2.97. The van der Waals surface area contributed by atoms with Gasteiger partial charge in [0.25, 0.3) is 6.47 Å². The zero-order valence-electron chi connectivity index (χ0n) is 15.1. The first-order valence-corrected chi connectivity index (χ1v) is 9.97. The van der Waals surface area contributed by atoms with Gasteiger partial charge in [-0.25, -0.2) is 12.7 Å². The number of hydrogen-bond donors (Lipinski definition) is 1. The molecular formula is C16H22N4O6S. The number of anilines is 1. The lowest BCUT2D eigenvalue weighted by molar-refractivity contribution is -0.133. The Morgan fingerprint density at radius 2 is 1.93 bits per heavy atom. The molecule has 1 amide bonds. The van der Waals surface area contributed by atoms with Crippen LogP contribution in [-0.4, -0.2) is 79.7 Å². The third kappa shape index (κ3) is 4.95. The van der Waals surface area contributed by atoms with Crippen LogP contribution in [0.15, 0.2) is 24.3 Å². The quantitative estimate of drug-likeness (QED) is 0.714. The summed E-state index contributed by atoms with van der Waals surface area (Å²) in [5, 5.41) is 11.9. The molecule has 1 fully saturated rings. The molecular weight excluding hydrogens is 376 g/mol. The zero-order valence-corrected chi connectivity index (χ0v) is 15.9. The Hall–Kier alpha value is -2.66. The van der Waals surface area contributed by atoms with Crippen LogP contribution in [0.5, 0.6) is 0 Å². The molecule has 11 heteroatoms. The highest BCUT2D eigenvalue weighted by Crippen LogP contribution is 2.27. The highest BCUT2D eigenvalue weighted by Gasteiger charge is 2.28. The molecule has 1 aliphatic heterocycles. The summed E-state index contributed by atoms with van der Waals surface area (Å²) in [6, 6.07) is 7.33. The van der Waals surface area contributed by atoms with Gasteiger partial charge in [-0.3, -0.25) is 14.3 Å². The van der Waals surface area contributed by atoms with E-state index in [1.807, 2.05) is 18.2 Å². The van der Waals surface area contributed by atoms with Crippen LogP contribution in [0.4, 0.5) is 5.82 Å². The van der Waals surface area contributed by atoms with Crippen molar-refractivity contribution in [3.8, 4) is 0 Å². The topological polar surface area (TPSA) is 122 Å². The Morgan fingerprint density at radius 1 is 1.33 bits per heavy atom. The first kappa shape index (κ1) is 20.6. The van der Waals surface area contributed by atoms with Gasteiger partial charge in [-0.1, -0.05) is 12.1 Å². The molecule has 27 heavy (non-hydrogen) atoms. The van der Waals surface area contributed by atoms with E-state index in [1.54, 1.807) is 22.7 Å². The Bertz CT molecular complexity index is 905. The van der Waals surface area contributed by atoms with Crippen molar-refractivity contribution in [1.29, 1.82) is 0 Å². The van der Waals surface area contributed by atoms with Crippen molar-refractivity contribution in [2.45, 2.75) is 0 Å². The summed E-state index contributed by atoms with van der Waals surface area (Å²) >= 11 is 0. The van der Waals surface area contributed by atoms with Crippen LogP contribution in [0, 0.1) is 0 Å². The minimum Gasteiger partial charge on any atom is -0.483 e. The lowest BCUT2D eigenvalue weighted by Gasteiger charge is -2.29. The summed E-state index contributed by atoms with van der Waals surface area (Å²) in [7, 11) is -1.90. The van der Waals surface area contributed by atoms with Gasteiger partial charge in [0.1, 0.15) is 6.54 Å². The van der Waals surface area contributed by atoms with Crippen molar-refractivity contribution >= 4 is 39.1 Å². The van der Waals surface area contributed by atoms with Gasteiger partial charge >= 0.3 is 0 Å². The highest BCUT2D eigenvalue weighted by atomic mass is 32.2. The number of rotatable bonds is 4. The van der Waals surface area contributed by atoms with Crippen LogP contribution in [-0.2, 0) is 31.4 Å². The number of aryl methyl sites for hydroxylation is 1. The summed E-state index contributed by atoms with van der Waals surface area (Å²) < 4.78 is 32.5. The van der Waals surface area contributed by atoms with E-state index in [2.05, 4.69) is 5.10 Å². The minimum absolute atomic E-state index is 0.250. The standard InChI is InChI=1S/C15H20N4O4S.CH2O2/c1-17-13-6-4-3-5-12(13)15(16-17)19(24(2,21)22)11-14(20)18-7-9-23-10-8-18;2-1-3/h3-6H,7-11H2,1-2H3;1H,(H,2,3). The molecule has 1 N–H and O–H groups in total. The summed E-state index contributed by atoms with van der Waals surface area (Å²) in [6.45, 7) is 1.37. The number of morpholine rings is 1. The molecule has 148 valence electrons. The first-order valence-electron chi connectivity index (χ1n) is 8.12. The van der Waals surface area contributed by atoms with Crippen LogP contribution in [0.3, 0.4) is 0 Å². The van der Waals surface area contributed by atoms with Crippen molar-refractivity contribution in [1.82, 2.24) is 14.7 Å². The summed E-state index contributed by atoms with van der Waals surface area (Å²) in [5.41, 5.74) is 0.806. The average molecular weight is 398 g/mol. The van der Waals surface area contributed by atoms with Gasteiger partial charge in [0.2, 0.25) is 15.9 Å². The molecule has 0 aliphatic carbocycles. The number of aromatic nitrogens is 2. The second kappa shape index (κ2) is 8.82. The molecule has 1 aliphatic rings. The first-order chi connectivity index (χ1) is 12.8. The number of carboxylic acid groups (broad SMARTS) is 1. The zero-order chi connectivity index (χ0) is 20.0. The van der Waals surface area contributed by atoms with Crippen molar-refractivity contribution in [2.24, 2.45) is 7.05 Å². The highest BCUT2D eigenvalue weighted by molar-refractivity contribution is 7.92. The summed E-state index contributed by atoms with van der Waals surface area (Å²) in [6.07, 6.45) is 1.09. The van der Waals surface area contributed by atoms with E-state index < -0.39 is 10.0 Å². The Labute approximate surface area is 157 Å². The number of hydrogen-bond acceptors (Lipinski definition) is 6. The molecule has 1 saturated heterocycles. The molecule has 2 heterocycles. The van der Waals surface area contributed by atoms with Gasteiger partial charge in [0.15, 0.2) is 5.82 Å². The van der Waals surface area contributed by atoms with Crippen LogP contribution in [0.25, 0.3) is 10.9 Å². The van der Waals surface area contributed by atoms with E-state index >= 15 is 0 Å². The number of carbonyl (C=O) groups excluding carboxylic acids is 1. The Kier molecular flexibility index (Phi) is 6.75. The molecule has 0 bridgehead atoms. The number of para-hydroxylation sites is 1. The number of benzene rings is 1. The SMILES string of the molecule is Cn1nc(N(CC(=O)N2CCOCC2)S(C)(=O)=O)c2ccccc21.O=CO. The smallest absolute Gasteiger partial charge is 0.290 e. The van der Waals surface area contributed by atoms with E-state index in [0.717, 1.165) is 16.1 Å². The third-order valence-corrected chi connectivity index (χ3v) is 5.12. The van der Waals surface area contributed by atoms with E-state index in [0.29, 0.717) is 31.7 Å². The fourth-order valence-corrected chi connectivity index (χ4v) is 3.56. The molecule has 10 nitrogen and oxygen atoms in total. The van der Waals surface area contributed by atoms with Crippen LogP contribution in [0.2, 0.25) is 0 Å². The van der Waals surface area contributed by atoms with Crippen molar-refractivity contribution in [3.63, 3.8) is 0 Å². The van der Waals surface area contributed by atoms with Gasteiger partial charge in [0.05, 0.1) is 25.0 Å². The fraction of sp³-hybridized carbons (Fsp3) is 0.438. The lowest BCUT2D eigenvalue weighted by Crippen LogP contribution is -2.47. The number of fused-ring (bicyclic) bond motifs is 1. The van der Waals surface area contributed by atoms with E-state index in [-0.39, 0.29) is 24.7 Å². The van der Waals surface area contributed by atoms with Gasteiger partial charge < -0.3 is 14.7 Å². The molecule has 2 aromatic rings. The van der Waals surface area contributed by atoms with Gasteiger partial charge in [0, 0.05) is 25.5 Å². The van der Waals surface area contributed by atoms with Gasteiger partial charge in [-0.2, -0.15) is 5.10 Å². The van der Waals surface area contributed by atoms with Crippen LogP contribution in [0.1, 0.15) is 0 Å². The van der Waals surface area contributed by atoms with Gasteiger partial charge in [-0.15, -0.1) is 0 Å². The molecule has 0 saturated carbocycles. The molecule has 3 rings (SSSR count). The predicted octanol–water partition coefficient (Wildman–Crippen LogP) is -0.101. The second-order valence-corrected chi connectivity index (χ2v) is 7.74. The molecule has 0 unspecified atom stereocenters. The maximum Gasteiger partial charge on any atom is 0.290 e. The number of amides is 1. The summed E-state index contributed by atoms with van der Waals surface area (Å²) in [4.78, 5) is 22.5. The molecule has 1 aromatic carbocycles. The maximum absolute atomic E-state index is 12.5. The summed E-state index contributed by atoms with van der Waals surface area (Å²) in [5.74, 6) is 0.0238. The fourth-order valence-electron chi connectivity index (χ4n) is 2.76. The molecule has 0 spiro atoms.